The van der Waals surface area contributed by atoms with Gasteiger partial charge in [0.1, 0.15) is 11.6 Å². The van der Waals surface area contributed by atoms with Gasteiger partial charge in [0.05, 0.1) is 19.3 Å². The molecule has 0 aromatic heterocycles. The van der Waals surface area contributed by atoms with Crippen molar-refractivity contribution >= 4 is 0 Å². The van der Waals surface area contributed by atoms with Crippen LogP contribution in [0.5, 0.6) is 5.75 Å². The molecule has 2 rings (SSSR count). The van der Waals surface area contributed by atoms with Gasteiger partial charge in [0.2, 0.25) is 0 Å². The van der Waals surface area contributed by atoms with Gasteiger partial charge in [-0.15, -0.1) is 0 Å². The Labute approximate surface area is 94.0 Å². The standard InChI is InChI=1S/C12H16FNO2/c1-16-9-4-2-3-8(13)10(9)11(14)12(15)7-5-6-7/h2-4,7,11-12,15H,5-6,14H2,1H3/t11-,12+/m0/s1. The second-order valence-corrected chi connectivity index (χ2v) is 4.21. The van der Waals surface area contributed by atoms with Crippen LogP contribution < -0.4 is 10.5 Å². The van der Waals surface area contributed by atoms with Gasteiger partial charge in [-0.2, -0.15) is 0 Å². The minimum absolute atomic E-state index is 0.208. The van der Waals surface area contributed by atoms with E-state index in [0.717, 1.165) is 12.8 Å². The Balaban J connectivity index is 2.30. The van der Waals surface area contributed by atoms with Crippen molar-refractivity contribution in [3.63, 3.8) is 0 Å². The van der Waals surface area contributed by atoms with Gasteiger partial charge >= 0.3 is 0 Å². The second kappa shape index (κ2) is 4.39. The SMILES string of the molecule is COc1cccc(F)c1[C@H](N)[C@H](O)C1CC1. The molecule has 3 N–H and O–H groups in total. The summed E-state index contributed by atoms with van der Waals surface area (Å²) in [6.45, 7) is 0. The lowest BCUT2D eigenvalue weighted by Crippen LogP contribution is -2.29. The van der Waals surface area contributed by atoms with Gasteiger partial charge in [-0.3, -0.25) is 0 Å². The fraction of sp³-hybridized carbons (Fsp3) is 0.500. The van der Waals surface area contributed by atoms with Crippen LogP contribution in [0.1, 0.15) is 24.4 Å². The van der Waals surface area contributed by atoms with E-state index in [9.17, 15) is 9.50 Å². The molecule has 88 valence electrons. The molecule has 1 aliphatic carbocycles. The van der Waals surface area contributed by atoms with Crippen molar-refractivity contribution in [2.75, 3.05) is 7.11 Å². The number of benzene rings is 1. The predicted octanol–water partition coefficient (Wildman–Crippen LogP) is 1.60. The van der Waals surface area contributed by atoms with Crippen LogP contribution in [0.3, 0.4) is 0 Å². The molecule has 3 nitrogen and oxygen atoms in total. The lowest BCUT2D eigenvalue weighted by molar-refractivity contribution is 0.119. The number of nitrogens with two attached hydrogens (primary N) is 1. The van der Waals surface area contributed by atoms with Crippen LogP contribution >= 0.6 is 0 Å². The molecule has 4 heteroatoms. The highest BCUT2D eigenvalue weighted by Crippen LogP contribution is 2.39. The number of aliphatic hydroxyl groups excluding tert-OH is 1. The molecule has 0 bridgehead atoms. The average molecular weight is 225 g/mol. The summed E-state index contributed by atoms with van der Waals surface area (Å²) >= 11 is 0. The zero-order valence-electron chi connectivity index (χ0n) is 9.19. The molecule has 1 aliphatic rings. The molecule has 0 saturated heterocycles. The Kier molecular flexibility index (Phi) is 3.12. The zero-order valence-corrected chi connectivity index (χ0v) is 9.19. The molecule has 1 fully saturated rings. The van der Waals surface area contributed by atoms with E-state index in [1.807, 2.05) is 0 Å². The molecule has 0 radical (unpaired) electrons. The number of halogens is 1. The number of aliphatic hydroxyl groups is 1. The largest absolute Gasteiger partial charge is 0.496 e. The van der Waals surface area contributed by atoms with Gasteiger partial charge in [-0.1, -0.05) is 6.07 Å². The first-order valence-electron chi connectivity index (χ1n) is 5.41. The van der Waals surface area contributed by atoms with Crippen molar-refractivity contribution < 1.29 is 14.2 Å². The smallest absolute Gasteiger partial charge is 0.131 e. The Morgan fingerprint density at radius 2 is 2.19 bits per heavy atom. The summed E-state index contributed by atoms with van der Waals surface area (Å²) in [7, 11) is 1.47. The molecule has 1 saturated carbocycles. The second-order valence-electron chi connectivity index (χ2n) is 4.21. The summed E-state index contributed by atoms with van der Waals surface area (Å²) in [6.07, 6.45) is 1.24. The fourth-order valence-corrected chi connectivity index (χ4v) is 1.92. The molecule has 0 amide bonds. The predicted molar refractivity (Wildman–Crippen MR) is 58.6 cm³/mol. The molecule has 1 aromatic carbocycles. The van der Waals surface area contributed by atoms with Crippen molar-refractivity contribution in [3.05, 3.63) is 29.6 Å². The Morgan fingerprint density at radius 3 is 2.75 bits per heavy atom. The summed E-state index contributed by atoms with van der Waals surface area (Å²) in [5.41, 5.74) is 6.15. The lowest BCUT2D eigenvalue weighted by atomic mass is 9.97. The fourth-order valence-electron chi connectivity index (χ4n) is 1.92. The maximum atomic E-state index is 13.7. The van der Waals surface area contributed by atoms with Crippen molar-refractivity contribution in [2.24, 2.45) is 11.7 Å². The van der Waals surface area contributed by atoms with Crippen molar-refractivity contribution in [3.8, 4) is 5.75 Å². The van der Waals surface area contributed by atoms with Crippen LogP contribution in [-0.2, 0) is 0 Å². The van der Waals surface area contributed by atoms with E-state index in [1.165, 1.54) is 13.2 Å². The quantitative estimate of drug-likeness (QED) is 0.818. The summed E-state index contributed by atoms with van der Waals surface area (Å²) in [4.78, 5) is 0. The molecule has 0 unspecified atom stereocenters. The van der Waals surface area contributed by atoms with Crippen molar-refractivity contribution in [1.29, 1.82) is 0 Å². The molecule has 0 heterocycles. The average Bonchev–Trinajstić information content (AvgIpc) is 3.10. The highest BCUT2D eigenvalue weighted by atomic mass is 19.1. The van der Waals surface area contributed by atoms with Gasteiger partial charge in [-0.05, 0) is 30.9 Å². The number of hydrogen-bond donors (Lipinski definition) is 2. The number of rotatable bonds is 4. The molecule has 2 atom stereocenters. The summed E-state index contributed by atoms with van der Waals surface area (Å²) < 4.78 is 18.7. The number of ether oxygens (including phenoxy) is 1. The lowest BCUT2D eigenvalue weighted by Gasteiger charge is -2.21. The van der Waals surface area contributed by atoms with Crippen LogP contribution in [-0.4, -0.2) is 18.3 Å². The zero-order chi connectivity index (χ0) is 11.7. The van der Waals surface area contributed by atoms with E-state index >= 15 is 0 Å². The van der Waals surface area contributed by atoms with E-state index in [0.29, 0.717) is 5.75 Å². The van der Waals surface area contributed by atoms with Crippen LogP contribution in [0.4, 0.5) is 4.39 Å². The first-order valence-corrected chi connectivity index (χ1v) is 5.41. The summed E-state index contributed by atoms with van der Waals surface area (Å²) in [6, 6.07) is 3.83. The van der Waals surface area contributed by atoms with E-state index in [4.69, 9.17) is 10.5 Å². The maximum absolute atomic E-state index is 13.7. The monoisotopic (exact) mass is 225 g/mol. The van der Waals surface area contributed by atoms with Crippen molar-refractivity contribution in [2.45, 2.75) is 25.0 Å². The minimum Gasteiger partial charge on any atom is -0.496 e. The van der Waals surface area contributed by atoms with Gasteiger partial charge in [0.15, 0.2) is 0 Å². The van der Waals surface area contributed by atoms with Crippen LogP contribution in [0.2, 0.25) is 0 Å². The Morgan fingerprint density at radius 1 is 1.50 bits per heavy atom. The highest BCUT2D eigenvalue weighted by Gasteiger charge is 2.36. The highest BCUT2D eigenvalue weighted by molar-refractivity contribution is 5.37. The normalized spacial score (nSPS) is 19.2. The van der Waals surface area contributed by atoms with E-state index in [2.05, 4.69) is 0 Å². The van der Waals surface area contributed by atoms with Gasteiger partial charge < -0.3 is 15.6 Å². The first kappa shape index (κ1) is 11.4. The van der Waals surface area contributed by atoms with Gasteiger partial charge in [-0.25, -0.2) is 4.39 Å². The molecule has 0 aliphatic heterocycles. The number of hydrogen-bond acceptors (Lipinski definition) is 3. The third-order valence-corrected chi connectivity index (χ3v) is 3.04. The Hall–Kier alpha value is -1.13. The maximum Gasteiger partial charge on any atom is 0.131 e. The van der Waals surface area contributed by atoms with Gasteiger partial charge in [0, 0.05) is 5.56 Å². The third kappa shape index (κ3) is 2.03. The molecule has 16 heavy (non-hydrogen) atoms. The molecular weight excluding hydrogens is 209 g/mol. The van der Waals surface area contributed by atoms with Gasteiger partial charge in [0.25, 0.3) is 0 Å². The topological polar surface area (TPSA) is 55.5 Å². The molecule has 1 aromatic rings. The number of methoxy groups -OCH3 is 1. The van der Waals surface area contributed by atoms with E-state index < -0.39 is 18.0 Å². The first-order chi connectivity index (χ1) is 7.65. The molecular formula is C12H16FNO2. The van der Waals surface area contributed by atoms with Crippen LogP contribution in [0.15, 0.2) is 18.2 Å². The van der Waals surface area contributed by atoms with E-state index in [-0.39, 0.29) is 11.5 Å². The molecule has 0 spiro atoms. The van der Waals surface area contributed by atoms with Crippen molar-refractivity contribution in [1.82, 2.24) is 0 Å². The summed E-state index contributed by atoms with van der Waals surface area (Å²) in [5, 5.41) is 9.91. The third-order valence-electron chi connectivity index (χ3n) is 3.04. The van der Waals surface area contributed by atoms with Crippen LogP contribution in [0, 0.1) is 11.7 Å². The minimum atomic E-state index is -0.719. The Bertz CT molecular complexity index is 379. The van der Waals surface area contributed by atoms with Crippen LogP contribution in [0.25, 0.3) is 0 Å². The summed E-state index contributed by atoms with van der Waals surface area (Å²) in [5.74, 6) is 0.179. The van der Waals surface area contributed by atoms with E-state index in [1.54, 1.807) is 12.1 Å².